The molecule has 184 valence electrons. The number of nitriles is 1. The fourth-order valence-electron chi connectivity index (χ4n) is 4.19. The highest BCUT2D eigenvalue weighted by atomic mass is 35.5. The van der Waals surface area contributed by atoms with Crippen molar-refractivity contribution in [1.29, 1.82) is 5.26 Å². The molecule has 1 aliphatic rings. The summed E-state index contributed by atoms with van der Waals surface area (Å²) in [4.78, 5) is 14.0. The van der Waals surface area contributed by atoms with Crippen molar-refractivity contribution in [2.24, 2.45) is 0 Å². The Hall–Kier alpha value is -2.54. The third-order valence-electron chi connectivity index (χ3n) is 5.99. The zero-order valence-electron chi connectivity index (χ0n) is 20.1. The summed E-state index contributed by atoms with van der Waals surface area (Å²) in [5, 5.41) is 23.3. The number of hydrogen-bond donors (Lipinski definition) is 1. The molecule has 0 bridgehead atoms. The maximum absolute atomic E-state index is 12.7. The molecule has 3 aromatic rings. The van der Waals surface area contributed by atoms with E-state index in [2.05, 4.69) is 21.6 Å². The zero-order valence-corrected chi connectivity index (χ0v) is 22.4. The number of halogens is 1. The van der Waals surface area contributed by atoms with Crippen molar-refractivity contribution in [2.45, 2.75) is 70.7 Å². The van der Waals surface area contributed by atoms with Crippen LogP contribution in [0.4, 0.5) is 5.00 Å². The van der Waals surface area contributed by atoms with Crippen LogP contribution in [-0.2, 0) is 24.2 Å². The summed E-state index contributed by atoms with van der Waals surface area (Å²) in [6.45, 7) is 6.51. The molecular formula is C25H28ClN5O2S2. The van der Waals surface area contributed by atoms with E-state index in [-0.39, 0.29) is 17.8 Å². The van der Waals surface area contributed by atoms with Crippen LogP contribution < -0.4 is 10.1 Å². The summed E-state index contributed by atoms with van der Waals surface area (Å²) >= 11 is 8.99. The smallest absolute Gasteiger partial charge is 0.235 e. The molecule has 0 radical (unpaired) electrons. The highest BCUT2D eigenvalue weighted by Crippen LogP contribution is 2.37. The molecule has 1 atom stereocenters. The number of carbonyl (C=O) groups excluding carboxylic acids is 1. The topological polar surface area (TPSA) is 92.8 Å². The quantitative estimate of drug-likeness (QED) is 0.270. The number of benzene rings is 1. The van der Waals surface area contributed by atoms with Gasteiger partial charge >= 0.3 is 0 Å². The number of carbonyl (C=O) groups is 1. The molecule has 2 heterocycles. The molecular weight excluding hydrogens is 502 g/mol. The van der Waals surface area contributed by atoms with E-state index in [4.69, 9.17) is 16.3 Å². The van der Waals surface area contributed by atoms with E-state index in [1.165, 1.54) is 23.1 Å². The minimum absolute atomic E-state index is 0.156. The Bertz CT molecular complexity index is 1260. The first-order valence-electron chi connectivity index (χ1n) is 11.7. The lowest BCUT2D eigenvalue weighted by Gasteiger charge is -2.16. The number of amides is 1. The standard InChI is InChI=1S/C25H28ClN5O2S2/c1-4-31-23(16(3)33-17-10-11-20(26)15(2)12-17)29-30-25(31)34-14-22(32)28-24-19(13-27)18-8-6-5-7-9-21(18)35-24/h10-12,16H,4-9,14H2,1-3H3,(H,28,32). The van der Waals surface area contributed by atoms with Gasteiger partial charge in [-0.05, 0) is 75.8 Å². The molecule has 1 aromatic carbocycles. The minimum atomic E-state index is -0.328. The second-order valence-electron chi connectivity index (χ2n) is 8.47. The second kappa shape index (κ2) is 11.5. The third-order valence-corrected chi connectivity index (χ3v) is 8.58. The lowest BCUT2D eigenvalue weighted by Crippen LogP contribution is -2.15. The van der Waals surface area contributed by atoms with Gasteiger partial charge in [0.25, 0.3) is 0 Å². The van der Waals surface area contributed by atoms with Gasteiger partial charge in [0.1, 0.15) is 16.8 Å². The summed E-state index contributed by atoms with van der Waals surface area (Å²) in [5.74, 6) is 1.42. The molecule has 1 aliphatic carbocycles. The van der Waals surface area contributed by atoms with Crippen molar-refractivity contribution < 1.29 is 9.53 Å². The van der Waals surface area contributed by atoms with Crippen LogP contribution in [0.2, 0.25) is 5.02 Å². The molecule has 4 rings (SSSR count). The van der Waals surface area contributed by atoms with Gasteiger partial charge in [-0.2, -0.15) is 5.26 Å². The number of fused-ring (bicyclic) bond motifs is 1. The summed E-state index contributed by atoms with van der Waals surface area (Å²) < 4.78 is 8.03. The Morgan fingerprint density at radius 3 is 2.89 bits per heavy atom. The Morgan fingerprint density at radius 1 is 1.34 bits per heavy atom. The Labute approximate surface area is 218 Å². The van der Waals surface area contributed by atoms with Crippen LogP contribution in [0.5, 0.6) is 5.75 Å². The lowest BCUT2D eigenvalue weighted by molar-refractivity contribution is -0.113. The third kappa shape index (κ3) is 5.83. The van der Waals surface area contributed by atoms with Crippen LogP contribution in [0.15, 0.2) is 23.4 Å². The molecule has 0 saturated carbocycles. The number of ether oxygens (including phenoxy) is 1. The molecule has 0 aliphatic heterocycles. The van der Waals surface area contributed by atoms with Crippen molar-refractivity contribution in [2.75, 3.05) is 11.1 Å². The maximum Gasteiger partial charge on any atom is 0.235 e. The molecule has 7 nitrogen and oxygen atoms in total. The molecule has 35 heavy (non-hydrogen) atoms. The summed E-state index contributed by atoms with van der Waals surface area (Å²) in [5.41, 5.74) is 2.70. The van der Waals surface area contributed by atoms with Crippen LogP contribution in [0.25, 0.3) is 0 Å². The summed E-state index contributed by atoms with van der Waals surface area (Å²) in [7, 11) is 0. The number of hydrogen-bond acceptors (Lipinski definition) is 7. The average molecular weight is 530 g/mol. The van der Waals surface area contributed by atoms with Crippen molar-refractivity contribution >= 4 is 45.6 Å². The van der Waals surface area contributed by atoms with Crippen molar-refractivity contribution in [3.8, 4) is 11.8 Å². The molecule has 1 unspecified atom stereocenters. The highest BCUT2D eigenvalue weighted by Gasteiger charge is 2.22. The van der Waals surface area contributed by atoms with Crippen LogP contribution in [0.1, 0.15) is 66.6 Å². The van der Waals surface area contributed by atoms with E-state index in [1.54, 1.807) is 11.3 Å². The van der Waals surface area contributed by atoms with Crippen LogP contribution in [-0.4, -0.2) is 26.4 Å². The Morgan fingerprint density at radius 2 is 2.14 bits per heavy atom. The molecule has 2 aromatic heterocycles. The predicted octanol–water partition coefficient (Wildman–Crippen LogP) is 6.33. The average Bonchev–Trinajstić information content (AvgIpc) is 3.32. The monoisotopic (exact) mass is 529 g/mol. The number of aryl methyl sites for hydroxylation is 2. The van der Waals surface area contributed by atoms with Gasteiger partial charge in [0.05, 0.1) is 11.3 Å². The predicted molar refractivity (Wildman–Crippen MR) is 141 cm³/mol. The normalized spacial score (nSPS) is 14.0. The van der Waals surface area contributed by atoms with Gasteiger partial charge in [0.15, 0.2) is 17.1 Å². The number of aromatic nitrogens is 3. The zero-order chi connectivity index (χ0) is 24.9. The van der Waals surface area contributed by atoms with Crippen molar-refractivity contribution in [3.05, 3.63) is 50.6 Å². The fraction of sp³-hybridized carbons (Fsp3) is 0.440. The maximum atomic E-state index is 12.7. The van der Waals surface area contributed by atoms with Gasteiger partial charge in [-0.1, -0.05) is 29.8 Å². The summed E-state index contributed by atoms with van der Waals surface area (Å²) in [6.07, 6.45) is 4.99. The highest BCUT2D eigenvalue weighted by molar-refractivity contribution is 7.99. The molecule has 10 heteroatoms. The number of thiophene rings is 1. The largest absolute Gasteiger partial charge is 0.483 e. The number of anilines is 1. The molecule has 1 amide bonds. The Kier molecular flexibility index (Phi) is 8.37. The van der Waals surface area contributed by atoms with Crippen LogP contribution >= 0.6 is 34.7 Å². The number of nitrogens with one attached hydrogen (secondary N) is 1. The van der Waals surface area contributed by atoms with Gasteiger partial charge in [0.2, 0.25) is 5.91 Å². The van der Waals surface area contributed by atoms with E-state index in [0.29, 0.717) is 38.9 Å². The van der Waals surface area contributed by atoms with Gasteiger partial charge < -0.3 is 14.6 Å². The van der Waals surface area contributed by atoms with E-state index >= 15 is 0 Å². The molecule has 1 N–H and O–H groups in total. The lowest BCUT2D eigenvalue weighted by atomic mass is 10.1. The van der Waals surface area contributed by atoms with E-state index in [9.17, 15) is 10.1 Å². The van der Waals surface area contributed by atoms with E-state index in [0.717, 1.165) is 36.8 Å². The first-order valence-corrected chi connectivity index (χ1v) is 13.9. The first kappa shape index (κ1) is 25.5. The second-order valence-corrected chi connectivity index (χ2v) is 10.9. The van der Waals surface area contributed by atoms with Crippen molar-refractivity contribution in [3.63, 3.8) is 0 Å². The van der Waals surface area contributed by atoms with Crippen LogP contribution in [0.3, 0.4) is 0 Å². The first-order chi connectivity index (χ1) is 16.9. The van der Waals surface area contributed by atoms with Crippen LogP contribution in [0, 0.1) is 18.3 Å². The number of rotatable bonds is 8. The van der Waals surface area contributed by atoms with E-state index < -0.39 is 0 Å². The van der Waals surface area contributed by atoms with Gasteiger partial charge in [-0.15, -0.1) is 21.5 Å². The SMILES string of the molecule is CCn1c(SCC(=O)Nc2sc3c(c2C#N)CCCCC3)nnc1C(C)Oc1ccc(Cl)c(C)c1. The number of thioether (sulfide) groups is 1. The summed E-state index contributed by atoms with van der Waals surface area (Å²) in [6, 6.07) is 7.85. The van der Waals surface area contributed by atoms with Gasteiger partial charge in [-0.3, -0.25) is 4.79 Å². The molecule has 0 fully saturated rings. The minimum Gasteiger partial charge on any atom is -0.483 e. The Balaban J connectivity index is 1.41. The van der Waals surface area contributed by atoms with Crippen molar-refractivity contribution in [1.82, 2.24) is 14.8 Å². The number of nitrogens with zero attached hydrogens (tertiary/aromatic N) is 4. The molecule has 0 saturated heterocycles. The van der Waals surface area contributed by atoms with Gasteiger partial charge in [0, 0.05) is 16.4 Å². The molecule has 0 spiro atoms. The van der Waals surface area contributed by atoms with Gasteiger partial charge in [-0.25, -0.2) is 0 Å². The van der Waals surface area contributed by atoms with E-state index in [1.807, 2.05) is 43.5 Å². The fourth-order valence-corrected chi connectivity index (χ4v) is 6.38.